The van der Waals surface area contributed by atoms with Crippen molar-refractivity contribution in [3.63, 3.8) is 0 Å². The average molecular weight is 730 g/mol. The van der Waals surface area contributed by atoms with Gasteiger partial charge in [0.1, 0.15) is 11.0 Å². The SMILES string of the molecule is CC1(C)C[C@H](CCC(Nc2cccc(S(=O)(=O)NC(=O)c3ccc(-n4ccc(OCCC5C6(CC6)C56CC6)n4)nc3Cl)n2)c2ccccc2)CN1. The van der Waals surface area contributed by atoms with Gasteiger partial charge in [0.15, 0.2) is 10.8 Å². The van der Waals surface area contributed by atoms with Gasteiger partial charge in [0.05, 0.1) is 18.2 Å². The minimum absolute atomic E-state index is 0.0803. The van der Waals surface area contributed by atoms with Crippen molar-refractivity contribution >= 4 is 33.3 Å². The minimum Gasteiger partial charge on any atom is -0.477 e. The van der Waals surface area contributed by atoms with Gasteiger partial charge in [-0.2, -0.15) is 8.42 Å². The van der Waals surface area contributed by atoms with Crippen LogP contribution >= 0.6 is 11.6 Å². The van der Waals surface area contributed by atoms with E-state index in [0.29, 0.717) is 40.9 Å². The monoisotopic (exact) mass is 729 g/mol. The van der Waals surface area contributed by atoms with Crippen LogP contribution in [0.5, 0.6) is 5.88 Å². The van der Waals surface area contributed by atoms with Gasteiger partial charge in [-0.05, 0) is 124 Å². The van der Waals surface area contributed by atoms with Gasteiger partial charge < -0.3 is 15.4 Å². The van der Waals surface area contributed by atoms with E-state index in [-0.39, 0.29) is 27.3 Å². The molecule has 4 aliphatic rings. The number of halogens is 1. The lowest BCUT2D eigenvalue weighted by Crippen LogP contribution is -2.31. The van der Waals surface area contributed by atoms with Crippen LogP contribution in [0.15, 0.2) is 78.0 Å². The molecule has 1 unspecified atom stereocenters. The number of hydrogen-bond donors (Lipinski definition) is 3. The van der Waals surface area contributed by atoms with Gasteiger partial charge in [0, 0.05) is 17.8 Å². The second-order valence-corrected chi connectivity index (χ2v) is 17.4. The highest BCUT2D eigenvalue weighted by atomic mass is 35.5. The third-order valence-electron chi connectivity index (χ3n) is 11.6. The third-order valence-corrected chi connectivity index (χ3v) is 13.2. The first-order valence-corrected chi connectivity index (χ1v) is 19.8. The van der Waals surface area contributed by atoms with Crippen molar-refractivity contribution in [3.8, 4) is 11.7 Å². The maximum absolute atomic E-state index is 13.4. The number of carbonyl (C=O) groups is 1. The number of amides is 1. The maximum Gasteiger partial charge on any atom is 0.281 e. The molecule has 3 aromatic heterocycles. The highest BCUT2D eigenvalue weighted by Gasteiger charge is 2.85. The molecular weight excluding hydrogens is 686 g/mol. The zero-order valence-electron chi connectivity index (χ0n) is 28.9. The van der Waals surface area contributed by atoms with Crippen LogP contribution in [0.4, 0.5) is 5.82 Å². The van der Waals surface area contributed by atoms with E-state index in [9.17, 15) is 13.2 Å². The molecule has 13 heteroatoms. The fourth-order valence-electron chi connectivity index (χ4n) is 8.82. The molecule has 4 heterocycles. The van der Waals surface area contributed by atoms with Crippen LogP contribution in [-0.4, -0.2) is 52.8 Å². The Kier molecular flexibility index (Phi) is 8.62. The molecule has 1 saturated heterocycles. The summed E-state index contributed by atoms with van der Waals surface area (Å²) < 4.78 is 36.3. The lowest BCUT2D eigenvalue weighted by molar-refractivity contribution is 0.0981. The topological polar surface area (TPSA) is 140 Å². The Balaban J connectivity index is 0.892. The molecule has 3 N–H and O–H groups in total. The predicted octanol–water partition coefficient (Wildman–Crippen LogP) is 6.72. The number of sulfonamides is 1. The number of pyridine rings is 2. The molecule has 3 saturated carbocycles. The quantitative estimate of drug-likeness (QED) is 0.121. The van der Waals surface area contributed by atoms with E-state index < -0.39 is 15.9 Å². The zero-order valence-corrected chi connectivity index (χ0v) is 30.5. The number of nitrogens with one attached hydrogen (secondary N) is 3. The lowest BCUT2D eigenvalue weighted by atomic mass is 9.91. The van der Waals surface area contributed by atoms with E-state index in [0.717, 1.165) is 43.7 Å². The highest BCUT2D eigenvalue weighted by molar-refractivity contribution is 7.90. The van der Waals surface area contributed by atoms with Crippen LogP contribution in [0.25, 0.3) is 5.82 Å². The second-order valence-electron chi connectivity index (χ2n) is 15.4. The number of benzene rings is 1. The molecular formula is C38H44ClN7O4S. The molecule has 4 aromatic rings. The summed E-state index contributed by atoms with van der Waals surface area (Å²) in [7, 11) is -4.34. The fraction of sp³-hybridized carbons (Fsp3) is 0.474. The predicted molar refractivity (Wildman–Crippen MR) is 194 cm³/mol. The number of fused-ring (bicyclic) bond motifs is 1. The van der Waals surface area contributed by atoms with Gasteiger partial charge in [0.25, 0.3) is 15.9 Å². The smallest absolute Gasteiger partial charge is 0.281 e. The van der Waals surface area contributed by atoms with Crippen molar-refractivity contribution in [1.29, 1.82) is 0 Å². The molecule has 0 bridgehead atoms. The standard InChI is InChI=1S/C38H44ClN7O4S/c1-36(2)23-25(24-40-36)11-13-28(26-7-4-3-5-8-26)41-30-9-6-10-33(42-30)51(48,49)45-35(47)27-12-14-31(43-34(27)39)46-21-15-32(44-46)50-22-16-29-37(17-18-37)38(29)19-20-38/h3-10,12,14-15,21,25,28-29,40H,11,13,16-20,22-24H2,1-2H3,(H,41,42)(H,45,47)/t25-,28?/m0/s1. The number of aromatic nitrogens is 4. The van der Waals surface area contributed by atoms with Crippen molar-refractivity contribution in [2.75, 3.05) is 18.5 Å². The molecule has 2 spiro atoms. The molecule has 3 aliphatic carbocycles. The summed E-state index contributed by atoms with van der Waals surface area (Å²) in [6.45, 7) is 6.05. The van der Waals surface area contributed by atoms with E-state index >= 15 is 0 Å². The number of carbonyl (C=O) groups excluding carboxylic acids is 1. The van der Waals surface area contributed by atoms with Crippen molar-refractivity contribution in [1.82, 2.24) is 29.8 Å². The van der Waals surface area contributed by atoms with E-state index in [1.54, 1.807) is 30.5 Å². The normalized spacial score (nSPS) is 21.4. The van der Waals surface area contributed by atoms with Crippen LogP contribution in [0.2, 0.25) is 5.15 Å². The Labute approximate surface area is 304 Å². The van der Waals surface area contributed by atoms with Crippen LogP contribution in [0, 0.1) is 22.7 Å². The summed E-state index contributed by atoms with van der Waals surface area (Å²) >= 11 is 6.41. The zero-order chi connectivity index (χ0) is 35.4. The van der Waals surface area contributed by atoms with Gasteiger partial charge in [-0.25, -0.2) is 19.4 Å². The Hall–Kier alpha value is -4.00. The first kappa shape index (κ1) is 34.1. The summed E-state index contributed by atoms with van der Waals surface area (Å²) in [6, 6.07) is 19.4. The number of ether oxygens (including phenoxy) is 1. The summed E-state index contributed by atoms with van der Waals surface area (Å²) in [5.41, 5.74) is 2.42. The van der Waals surface area contributed by atoms with Gasteiger partial charge in [0.2, 0.25) is 5.88 Å². The van der Waals surface area contributed by atoms with Crippen LogP contribution < -0.4 is 20.1 Å². The lowest BCUT2D eigenvalue weighted by Gasteiger charge is -2.22. The van der Waals surface area contributed by atoms with Crippen molar-refractivity contribution in [2.45, 2.75) is 81.8 Å². The third kappa shape index (κ3) is 6.85. The van der Waals surface area contributed by atoms with E-state index in [1.165, 1.54) is 42.5 Å². The molecule has 1 amide bonds. The number of nitrogens with zero attached hydrogens (tertiary/aromatic N) is 4. The largest absolute Gasteiger partial charge is 0.477 e. The van der Waals surface area contributed by atoms with E-state index in [2.05, 4.69) is 56.4 Å². The van der Waals surface area contributed by atoms with Gasteiger partial charge in [-0.15, -0.1) is 5.10 Å². The van der Waals surface area contributed by atoms with Gasteiger partial charge in [-0.3, -0.25) is 4.79 Å². The van der Waals surface area contributed by atoms with Gasteiger partial charge >= 0.3 is 0 Å². The summed E-state index contributed by atoms with van der Waals surface area (Å²) in [6.07, 6.45) is 11.2. The molecule has 2 atom stereocenters. The molecule has 268 valence electrons. The average Bonchev–Trinajstić information content (AvgIpc) is 4.06. The Morgan fingerprint density at radius 2 is 1.76 bits per heavy atom. The Morgan fingerprint density at radius 1 is 1.00 bits per heavy atom. The molecule has 4 fully saturated rings. The Bertz CT molecular complexity index is 2030. The first-order chi connectivity index (χ1) is 24.5. The molecule has 11 nitrogen and oxygen atoms in total. The first-order valence-electron chi connectivity index (χ1n) is 17.9. The van der Waals surface area contributed by atoms with Crippen LogP contribution in [0.3, 0.4) is 0 Å². The van der Waals surface area contributed by atoms with Crippen LogP contribution in [0.1, 0.15) is 87.2 Å². The molecule has 0 radical (unpaired) electrons. The Morgan fingerprint density at radius 3 is 2.45 bits per heavy atom. The maximum atomic E-state index is 13.4. The molecule has 8 rings (SSSR count). The molecule has 1 aliphatic heterocycles. The summed E-state index contributed by atoms with van der Waals surface area (Å²) in [4.78, 5) is 21.9. The second kappa shape index (κ2) is 12.9. The molecule has 51 heavy (non-hydrogen) atoms. The summed E-state index contributed by atoms with van der Waals surface area (Å²) in [5.74, 6) is 1.69. The van der Waals surface area contributed by atoms with Crippen molar-refractivity contribution < 1.29 is 17.9 Å². The number of hydrogen-bond acceptors (Lipinski definition) is 9. The molecule has 1 aromatic carbocycles. The number of anilines is 1. The summed E-state index contributed by atoms with van der Waals surface area (Å²) in [5, 5.41) is 11.0. The number of rotatable bonds is 14. The van der Waals surface area contributed by atoms with Crippen LogP contribution in [-0.2, 0) is 10.0 Å². The minimum atomic E-state index is -4.34. The fourth-order valence-corrected chi connectivity index (χ4v) is 9.99. The van der Waals surface area contributed by atoms with E-state index in [1.807, 2.05) is 18.2 Å². The van der Waals surface area contributed by atoms with Gasteiger partial charge in [-0.1, -0.05) is 48.0 Å². The van der Waals surface area contributed by atoms with Crippen molar-refractivity contribution in [2.24, 2.45) is 22.7 Å². The van der Waals surface area contributed by atoms with Crippen molar-refractivity contribution in [3.05, 3.63) is 89.2 Å². The van der Waals surface area contributed by atoms with E-state index in [4.69, 9.17) is 16.3 Å². The highest BCUT2D eigenvalue weighted by Crippen LogP contribution is 2.93.